The molecule has 0 radical (unpaired) electrons. The van der Waals surface area contributed by atoms with E-state index in [1.807, 2.05) is 0 Å². The molecule has 0 spiro atoms. The average molecular weight is 284 g/mol. The minimum absolute atomic E-state index is 0.120. The molecule has 106 valence electrons. The van der Waals surface area contributed by atoms with Crippen molar-refractivity contribution in [2.45, 2.75) is 37.4 Å². The van der Waals surface area contributed by atoms with Gasteiger partial charge in [-0.1, -0.05) is 0 Å². The Morgan fingerprint density at radius 3 is 2.47 bits per heavy atom. The van der Waals surface area contributed by atoms with Gasteiger partial charge in [-0.3, -0.25) is 0 Å². The van der Waals surface area contributed by atoms with Gasteiger partial charge in [0, 0.05) is 25.1 Å². The molecule has 1 aliphatic rings. The van der Waals surface area contributed by atoms with Gasteiger partial charge in [0.2, 0.25) is 5.92 Å². The number of halogens is 6. The average Bonchev–Trinajstić information content (AvgIpc) is 2.59. The first kappa shape index (κ1) is 14.0. The Balaban J connectivity index is 2.10. The van der Waals surface area contributed by atoms with Crippen molar-refractivity contribution in [2.75, 3.05) is 5.32 Å². The van der Waals surface area contributed by atoms with Crippen molar-refractivity contribution in [3.63, 3.8) is 0 Å². The van der Waals surface area contributed by atoms with Crippen LogP contribution in [-0.2, 0) is 6.18 Å². The largest absolute Gasteiger partial charge is 0.417 e. The van der Waals surface area contributed by atoms with E-state index in [0.29, 0.717) is 12.3 Å². The first-order valence-electron chi connectivity index (χ1n) is 5.54. The molecule has 0 aliphatic heterocycles. The van der Waals surface area contributed by atoms with E-state index in [0.717, 1.165) is 0 Å². The van der Waals surface area contributed by atoms with Gasteiger partial charge in [-0.25, -0.2) is 18.2 Å². The van der Waals surface area contributed by atoms with Crippen molar-refractivity contribution in [1.82, 2.24) is 4.98 Å². The van der Waals surface area contributed by atoms with E-state index in [1.54, 1.807) is 0 Å². The van der Waals surface area contributed by atoms with Gasteiger partial charge in [0.25, 0.3) is 0 Å². The maximum absolute atomic E-state index is 13.4. The van der Waals surface area contributed by atoms with Crippen LogP contribution in [0.3, 0.4) is 0 Å². The Labute approximate surface area is 104 Å². The standard InChI is InChI=1S/C11H10F6N2/c12-8-3-6(11(15,16)17)5-18-9(8)19-7-1-2-10(13,14)4-7/h3,5,7H,1-2,4H2,(H,18,19). The lowest BCUT2D eigenvalue weighted by atomic mass is 10.2. The molecular formula is C11H10F6N2. The molecule has 1 aromatic rings. The molecule has 1 aromatic heterocycles. The Morgan fingerprint density at radius 1 is 1.32 bits per heavy atom. The Kier molecular flexibility index (Phi) is 3.36. The summed E-state index contributed by atoms with van der Waals surface area (Å²) in [5.41, 5.74) is -1.22. The van der Waals surface area contributed by atoms with Gasteiger partial charge >= 0.3 is 6.18 Å². The molecule has 1 N–H and O–H groups in total. The number of nitrogens with zero attached hydrogens (tertiary/aromatic N) is 1. The van der Waals surface area contributed by atoms with Crippen LogP contribution in [0.1, 0.15) is 24.8 Å². The highest BCUT2D eigenvalue weighted by Crippen LogP contribution is 2.36. The first-order valence-corrected chi connectivity index (χ1v) is 5.54. The maximum Gasteiger partial charge on any atom is 0.417 e. The fourth-order valence-corrected chi connectivity index (χ4v) is 1.97. The van der Waals surface area contributed by atoms with Gasteiger partial charge in [0.15, 0.2) is 11.6 Å². The highest BCUT2D eigenvalue weighted by Gasteiger charge is 2.40. The van der Waals surface area contributed by atoms with Crippen LogP contribution in [-0.4, -0.2) is 16.9 Å². The quantitative estimate of drug-likeness (QED) is 0.835. The summed E-state index contributed by atoms with van der Waals surface area (Å²) in [7, 11) is 0. The van der Waals surface area contributed by atoms with E-state index in [9.17, 15) is 26.3 Å². The number of rotatable bonds is 2. The van der Waals surface area contributed by atoms with Gasteiger partial charge in [-0.05, 0) is 12.5 Å². The molecule has 8 heteroatoms. The smallest absolute Gasteiger partial charge is 0.365 e. The van der Waals surface area contributed by atoms with Crippen LogP contribution in [0.4, 0.5) is 32.2 Å². The number of hydrogen-bond acceptors (Lipinski definition) is 2. The minimum atomic E-state index is -4.69. The van der Waals surface area contributed by atoms with E-state index in [4.69, 9.17) is 0 Å². The predicted octanol–water partition coefficient (Wildman–Crippen LogP) is 3.84. The van der Waals surface area contributed by atoms with Crippen LogP contribution in [0, 0.1) is 5.82 Å². The molecule has 0 saturated heterocycles. The highest BCUT2D eigenvalue weighted by molar-refractivity contribution is 5.39. The van der Waals surface area contributed by atoms with Crippen molar-refractivity contribution in [3.8, 4) is 0 Å². The van der Waals surface area contributed by atoms with Gasteiger partial charge in [-0.2, -0.15) is 13.2 Å². The number of anilines is 1. The van der Waals surface area contributed by atoms with Crippen LogP contribution in [0.15, 0.2) is 12.3 Å². The molecule has 0 bridgehead atoms. The summed E-state index contributed by atoms with van der Waals surface area (Å²) >= 11 is 0. The lowest BCUT2D eigenvalue weighted by molar-refractivity contribution is -0.138. The molecule has 1 saturated carbocycles. The second-order valence-corrected chi connectivity index (χ2v) is 4.49. The second-order valence-electron chi connectivity index (χ2n) is 4.49. The summed E-state index contributed by atoms with van der Waals surface area (Å²) in [4.78, 5) is 3.30. The van der Waals surface area contributed by atoms with Crippen molar-refractivity contribution < 1.29 is 26.3 Å². The van der Waals surface area contributed by atoms with Gasteiger partial charge < -0.3 is 5.32 Å². The van der Waals surface area contributed by atoms with Gasteiger partial charge in [0.05, 0.1) is 5.56 Å². The fraction of sp³-hybridized carbons (Fsp3) is 0.545. The van der Waals surface area contributed by atoms with Gasteiger partial charge in [0.1, 0.15) is 0 Å². The molecule has 1 fully saturated rings. The maximum atomic E-state index is 13.4. The summed E-state index contributed by atoms with van der Waals surface area (Å²) in [6.45, 7) is 0. The van der Waals surface area contributed by atoms with Crippen LogP contribution in [0.25, 0.3) is 0 Å². The number of aromatic nitrogens is 1. The van der Waals surface area contributed by atoms with Crippen LogP contribution in [0.2, 0.25) is 0 Å². The third-order valence-electron chi connectivity index (χ3n) is 2.91. The Bertz CT molecular complexity index is 471. The van der Waals surface area contributed by atoms with Crippen molar-refractivity contribution in [1.29, 1.82) is 0 Å². The number of nitrogens with one attached hydrogen (secondary N) is 1. The number of pyridine rings is 1. The molecule has 1 heterocycles. The van der Waals surface area contributed by atoms with E-state index in [1.165, 1.54) is 0 Å². The van der Waals surface area contributed by atoms with E-state index in [2.05, 4.69) is 10.3 Å². The molecule has 1 atom stereocenters. The van der Waals surface area contributed by atoms with Gasteiger partial charge in [-0.15, -0.1) is 0 Å². The van der Waals surface area contributed by atoms with Crippen molar-refractivity contribution in [3.05, 3.63) is 23.6 Å². The third-order valence-corrected chi connectivity index (χ3v) is 2.91. The highest BCUT2D eigenvalue weighted by atomic mass is 19.4. The van der Waals surface area contributed by atoms with Crippen molar-refractivity contribution >= 4 is 5.82 Å². The zero-order chi connectivity index (χ0) is 14.3. The molecule has 2 nitrogen and oxygen atoms in total. The fourth-order valence-electron chi connectivity index (χ4n) is 1.97. The number of alkyl halides is 5. The van der Waals surface area contributed by atoms with E-state index < -0.39 is 41.8 Å². The molecule has 1 unspecified atom stereocenters. The molecule has 0 aromatic carbocycles. The van der Waals surface area contributed by atoms with Crippen LogP contribution < -0.4 is 5.32 Å². The molecule has 19 heavy (non-hydrogen) atoms. The molecular weight excluding hydrogens is 274 g/mol. The zero-order valence-corrected chi connectivity index (χ0v) is 9.57. The SMILES string of the molecule is Fc1cc(C(F)(F)F)cnc1NC1CCC(F)(F)C1. The van der Waals surface area contributed by atoms with Crippen molar-refractivity contribution in [2.24, 2.45) is 0 Å². The summed E-state index contributed by atoms with van der Waals surface area (Å²) in [6.07, 6.45) is -4.90. The lowest BCUT2D eigenvalue weighted by Crippen LogP contribution is -2.20. The lowest BCUT2D eigenvalue weighted by Gasteiger charge is -2.15. The zero-order valence-electron chi connectivity index (χ0n) is 9.57. The third kappa shape index (κ3) is 3.30. The Hall–Kier alpha value is -1.47. The van der Waals surface area contributed by atoms with E-state index in [-0.39, 0.29) is 12.8 Å². The van der Waals surface area contributed by atoms with E-state index >= 15 is 0 Å². The van der Waals surface area contributed by atoms with Crippen LogP contribution in [0.5, 0.6) is 0 Å². The summed E-state index contributed by atoms with van der Waals surface area (Å²) in [6, 6.07) is -0.392. The minimum Gasteiger partial charge on any atom is -0.365 e. The summed E-state index contributed by atoms with van der Waals surface area (Å²) in [5, 5.41) is 2.41. The van der Waals surface area contributed by atoms with Crippen LogP contribution >= 0.6 is 0 Å². The Morgan fingerprint density at radius 2 is 2.00 bits per heavy atom. The molecule has 0 amide bonds. The molecule has 2 rings (SSSR count). The predicted molar refractivity (Wildman–Crippen MR) is 55.4 cm³/mol. The normalized spacial score (nSPS) is 22.5. The monoisotopic (exact) mass is 284 g/mol. The second kappa shape index (κ2) is 4.57. The summed E-state index contributed by atoms with van der Waals surface area (Å²) < 4.78 is 76.1. The number of hydrogen-bond donors (Lipinski definition) is 1. The topological polar surface area (TPSA) is 24.9 Å². The summed E-state index contributed by atoms with van der Waals surface area (Å²) in [5.74, 6) is -4.46. The molecule has 1 aliphatic carbocycles. The first-order chi connectivity index (χ1) is 8.67.